The van der Waals surface area contributed by atoms with Gasteiger partial charge in [-0.1, -0.05) is 35.3 Å². The third kappa shape index (κ3) is 3.33. The molecule has 0 aromatic heterocycles. The highest BCUT2D eigenvalue weighted by atomic mass is 35.5. The van der Waals surface area contributed by atoms with Gasteiger partial charge in [0.25, 0.3) is 0 Å². The summed E-state index contributed by atoms with van der Waals surface area (Å²) in [5.74, 6) is 1.66. The van der Waals surface area contributed by atoms with Crippen molar-refractivity contribution in [3.63, 3.8) is 0 Å². The van der Waals surface area contributed by atoms with Crippen LogP contribution in [0, 0.1) is 0 Å². The summed E-state index contributed by atoms with van der Waals surface area (Å²) in [4.78, 5) is 0. The molecule has 0 fully saturated rings. The number of hydrogen-bond acceptors (Lipinski definition) is 4. The predicted octanol–water partition coefficient (Wildman–Crippen LogP) is 6.24. The third-order valence-electron chi connectivity index (χ3n) is 5.33. The Kier molecular flexibility index (Phi) is 4.61. The molecule has 0 N–H and O–H groups in total. The topological polar surface area (TPSA) is 34.1 Å². The Morgan fingerprint density at radius 1 is 0.966 bits per heavy atom. The van der Waals surface area contributed by atoms with E-state index in [0.717, 1.165) is 40.3 Å². The molecule has 0 saturated heterocycles. The predicted molar refractivity (Wildman–Crippen MR) is 115 cm³/mol. The SMILES string of the molecule is COc1ccc(C2=NN3C(C2)c2cc(Cl)ccc2OC3c2ccc(Cl)cc2)cc1. The monoisotopic (exact) mass is 424 g/mol. The molecule has 2 atom stereocenters. The maximum atomic E-state index is 6.34. The lowest BCUT2D eigenvalue weighted by molar-refractivity contribution is -0.0190. The zero-order valence-corrected chi connectivity index (χ0v) is 17.2. The van der Waals surface area contributed by atoms with Gasteiger partial charge in [0.15, 0.2) is 0 Å². The van der Waals surface area contributed by atoms with Crippen molar-refractivity contribution in [1.29, 1.82) is 0 Å². The molecule has 0 radical (unpaired) electrons. The van der Waals surface area contributed by atoms with E-state index in [1.165, 1.54) is 0 Å². The summed E-state index contributed by atoms with van der Waals surface area (Å²) in [6.45, 7) is 0. The van der Waals surface area contributed by atoms with Crippen molar-refractivity contribution in [2.24, 2.45) is 5.10 Å². The summed E-state index contributed by atoms with van der Waals surface area (Å²) in [6.07, 6.45) is 0.439. The number of halogens is 2. The van der Waals surface area contributed by atoms with E-state index in [0.29, 0.717) is 10.0 Å². The van der Waals surface area contributed by atoms with Crippen molar-refractivity contribution in [1.82, 2.24) is 5.01 Å². The molecule has 0 saturated carbocycles. The van der Waals surface area contributed by atoms with E-state index in [1.54, 1.807) is 7.11 Å². The fourth-order valence-electron chi connectivity index (χ4n) is 3.86. The Balaban J connectivity index is 1.57. The first-order valence-corrected chi connectivity index (χ1v) is 10.1. The van der Waals surface area contributed by atoms with Gasteiger partial charge in [-0.25, -0.2) is 5.01 Å². The van der Waals surface area contributed by atoms with Crippen molar-refractivity contribution < 1.29 is 9.47 Å². The number of methoxy groups -OCH3 is 1. The molecule has 0 amide bonds. The van der Waals surface area contributed by atoms with Gasteiger partial charge in [-0.15, -0.1) is 0 Å². The van der Waals surface area contributed by atoms with E-state index in [2.05, 4.69) is 0 Å². The van der Waals surface area contributed by atoms with Crippen molar-refractivity contribution in [3.8, 4) is 11.5 Å². The summed E-state index contributed by atoms with van der Waals surface area (Å²) in [6, 6.07) is 21.5. The zero-order valence-electron chi connectivity index (χ0n) is 15.7. The molecule has 2 unspecified atom stereocenters. The van der Waals surface area contributed by atoms with Crippen molar-refractivity contribution in [2.75, 3.05) is 7.11 Å². The van der Waals surface area contributed by atoms with E-state index < -0.39 is 0 Å². The minimum Gasteiger partial charge on any atom is -0.497 e. The smallest absolute Gasteiger partial charge is 0.213 e. The van der Waals surface area contributed by atoms with Crippen LogP contribution in [0.15, 0.2) is 71.8 Å². The number of fused-ring (bicyclic) bond motifs is 3. The van der Waals surface area contributed by atoms with Crippen LogP contribution < -0.4 is 9.47 Å². The lowest BCUT2D eigenvalue weighted by Gasteiger charge is -2.38. The third-order valence-corrected chi connectivity index (χ3v) is 5.82. The molecule has 0 bridgehead atoms. The molecule has 2 aliphatic heterocycles. The van der Waals surface area contributed by atoms with Gasteiger partial charge < -0.3 is 9.47 Å². The first-order valence-electron chi connectivity index (χ1n) is 9.34. The van der Waals surface area contributed by atoms with Crippen molar-refractivity contribution in [2.45, 2.75) is 18.7 Å². The first kappa shape index (κ1) is 18.3. The number of rotatable bonds is 3. The highest BCUT2D eigenvalue weighted by Gasteiger charge is 2.41. The lowest BCUT2D eigenvalue weighted by Crippen LogP contribution is -2.33. The van der Waals surface area contributed by atoms with Crippen LogP contribution in [0.3, 0.4) is 0 Å². The van der Waals surface area contributed by atoms with Crippen LogP contribution in [0.4, 0.5) is 0 Å². The maximum Gasteiger partial charge on any atom is 0.213 e. The molecular formula is C23H18Cl2N2O2. The normalized spacial score (nSPS) is 19.8. The van der Waals surface area contributed by atoms with Crippen LogP contribution in [-0.4, -0.2) is 17.8 Å². The van der Waals surface area contributed by atoms with E-state index in [9.17, 15) is 0 Å². The van der Waals surface area contributed by atoms with Gasteiger partial charge in [-0.3, -0.25) is 0 Å². The Hall–Kier alpha value is -2.69. The van der Waals surface area contributed by atoms with E-state index >= 15 is 0 Å². The van der Waals surface area contributed by atoms with Crippen LogP contribution in [-0.2, 0) is 0 Å². The number of ether oxygens (including phenoxy) is 2. The number of hydrogen-bond donors (Lipinski definition) is 0. The lowest BCUT2D eigenvalue weighted by atomic mass is 9.96. The summed E-state index contributed by atoms with van der Waals surface area (Å²) < 4.78 is 11.6. The van der Waals surface area contributed by atoms with Gasteiger partial charge in [0, 0.05) is 27.6 Å². The number of benzene rings is 3. The molecule has 0 aliphatic carbocycles. The van der Waals surface area contributed by atoms with Crippen LogP contribution in [0.2, 0.25) is 10.0 Å². The molecular weight excluding hydrogens is 407 g/mol. The molecule has 29 heavy (non-hydrogen) atoms. The molecule has 2 aliphatic rings. The van der Waals surface area contributed by atoms with Crippen LogP contribution >= 0.6 is 23.2 Å². The summed E-state index contributed by atoms with van der Waals surface area (Å²) in [7, 11) is 1.66. The van der Waals surface area contributed by atoms with Crippen molar-refractivity contribution >= 4 is 28.9 Å². The fraction of sp³-hybridized carbons (Fsp3) is 0.174. The second kappa shape index (κ2) is 7.29. The quantitative estimate of drug-likeness (QED) is 0.498. The van der Waals surface area contributed by atoms with Gasteiger partial charge in [-0.2, -0.15) is 5.10 Å². The maximum absolute atomic E-state index is 6.34. The Morgan fingerprint density at radius 3 is 2.41 bits per heavy atom. The molecule has 5 rings (SSSR count). The zero-order chi connectivity index (χ0) is 20.0. The van der Waals surface area contributed by atoms with Gasteiger partial charge in [0.1, 0.15) is 11.5 Å². The minimum atomic E-state index is -0.332. The number of nitrogens with zero attached hydrogens (tertiary/aromatic N) is 2. The fourth-order valence-corrected chi connectivity index (χ4v) is 4.17. The van der Waals surface area contributed by atoms with E-state index in [1.807, 2.05) is 71.7 Å². The van der Waals surface area contributed by atoms with Gasteiger partial charge in [0.05, 0.1) is 18.9 Å². The Bertz CT molecular complexity index is 1080. The largest absolute Gasteiger partial charge is 0.497 e. The van der Waals surface area contributed by atoms with Crippen LogP contribution in [0.5, 0.6) is 11.5 Å². The molecule has 6 heteroatoms. The summed E-state index contributed by atoms with van der Waals surface area (Å²) >= 11 is 12.4. The van der Waals surface area contributed by atoms with E-state index in [-0.39, 0.29) is 12.3 Å². The molecule has 3 aromatic carbocycles. The molecule has 146 valence electrons. The number of hydrazone groups is 1. The molecule has 3 aromatic rings. The highest BCUT2D eigenvalue weighted by Crippen LogP contribution is 2.48. The standard InChI is InChI=1S/C23H18Cl2N2O2/c1-28-18-9-4-14(5-10-18)20-13-21-19-12-17(25)8-11-22(19)29-23(27(21)26-20)15-2-6-16(24)7-3-15/h2-12,21,23H,13H2,1H3. The second-order valence-corrected chi connectivity index (χ2v) is 7.95. The average Bonchev–Trinajstić information content (AvgIpc) is 3.20. The molecule has 0 spiro atoms. The van der Waals surface area contributed by atoms with Gasteiger partial charge in [0.2, 0.25) is 6.23 Å². The van der Waals surface area contributed by atoms with Crippen molar-refractivity contribution in [3.05, 3.63) is 93.5 Å². The highest BCUT2D eigenvalue weighted by molar-refractivity contribution is 6.30. The molecule has 4 nitrogen and oxygen atoms in total. The summed E-state index contributed by atoms with van der Waals surface area (Å²) in [5, 5.41) is 8.36. The van der Waals surface area contributed by atoms with Gasteiger partial charge in [-0.05, 0) is 60.2 Å². The second-order valence-electron chi connectivity index (χ2n) is 7.08. The minimum absolute atomic E-state index is 0.0511. The van der Waals surface area contributed by atoms with Gasteiger partial charge >= 0.3 is 0 Å². The summed E-state index contributed by atoms with van der Waals surface area (Å²) in [5.41, 5.74) is 4.13. The first-order chi connectivity index (χ1) is 14.1. The van der Waals surface area contributed by atoms with E-state index in [4.69, 9.17) is 37.8 Å². The van der Waals surface area contributed by atoms with Crippen LogP contribution in [0.25, 0.3) is 0 Å². The molecule has 2 heterocycles. The Labute approximate surface area is 179 Å². The Morgan fingerprint density at radius 2 is 1.69 bits per heavy atom. The average molecular weight is 425 g/mol. The van der Waals surface area contributed by atoms with Crippen LogP contribution in [0.1, 0.15) is 35.4 Å².